The molecule has 2 heterocycles. The minimum atomic E-state index is -0.0650. The Bertz CT molecular complexity index is 1110. The fourth-order valence-electron chi connectivity index (χ4n) is 3.88. The highest BCUT2D eigenvalue weighted by Gasteiger charge is 2.22. The van der Waals surface area contributed by atoms with Gasteiger partial charge in [0.15, 0.2) is 0 Å². The lowest BCUT2D eigenvalue weighted by Crippen LogP contribution is -2.35. The topological polar surface area (TPSA) is 93.5 Å². The van der Waals surface area contributed by atoms with Crippen molar-refractivity contribution >= 4 is 5.69 Å². The first kappa shape index (κ1) is 20.9. The van der Waals surface area contributed by atoms with Crippen molar-refractivity contribution in [3.8, 4) is 22.9 Å². The Morgan fingerprint density at radius 1 is 1.10 bits per heavy atom. The third kappa shape index (κ3) is 4.72. The van der Waals surface area contributed by atoms with Crippen molar-refractivity contribution in [2.75, 3.05) is 25.5 Å². The van der Waals surface area contributed by atoms with E-state index in [1.54, 1.807) is 0 Å². The molecule has 0 saturated heterocycles. The van der Waals surface area contributed by atoms with E-state index in [1.807, 2.05) is 56.3 Å². The SMILES string of the molecule is CCOc1ccc(OCC)c(CN2CCc3c(nc(-c4ccc(N)cc4)[nH]c3=O)C2)c1. The highest BCUT2D eigenvalue weighted by atomic mass is 16.5. The van der Waals surface area contributed by atoms with E-state index in [1.165, 1.54) is 0 Å². The van der Waals surface area contributed by atoms with Gasteiger partial charge in [0.2, 0.25) is 0 Å². The molecule has 0 bridgehead atoms. The standard InChI is InChI=1S/C24H28N4O3/c1-3-30-19-9-10-22(31-4-2)17(13-19)14-28-12-11-20-21(15-28)26-23(27-24(20)29)16-5-7-18(25)8-6-16/h5-10,13H,3-4,11-12,14-15,25H2,1-2H3,(H,26,27,29). The van der Waals surface area contributed by atoms with E-state index < -0.39 is 0 Å². The molecular weight excluding hydrogens is 392 g/mol. The molecule has 0 aliphatic carbocycles. The molecule has 2 aromatic carbocycles. The van der Waals surface area contributed by atoms with Crippen LogP contribution in [0, 0.1) is 0 Å². The molecule has 4 rings (SSSR count). The molecule has 0 amide bonds. The van der Waals surface area contributed by atoms with Gasteiger partial charge in [-0.25, -0.2) is 4.98 Å². The summed E-state index contributed by atoms with van der Waals surface area (Å²) in [7, 11) is 0. The van der Waals surface area contributed by atoms with Gasteiger partial charge in [0.05, 0.1) is 18.9 Å². The number of nitrogens with two attached hydrogens (primary N) is 1. The molecular formula is C24H28N4O3. The summed E-state index contributed by atoms with van der Waals surface area (Å²) >= 11 is 0. The zero-order chi connectivity index (χ0) is 21.8. The number of aromatic amines is 1. The van der Waals surface area contributed by atoms with E-state index in [9.17, 15) is 4.79 Å². The maximum Gasteiger partial charge on any atom is 0.254 e. The van der Waals surface area contributed by atoms with Crippen molar-refractivity contribution in [2.24, 2.45) is 0 Å². The second kappa shape index (κ2) is 9.22. The van der Waals surface area contributed by atoms with E-state index in [2.05, 4.69) is 9.88 Å². The Labute approximate surface area is 181 Å². The second-order valence-electron chi connectivity index (χ2n) is 7.56. The summed E-state index contributed by atoms with van der Waals surface area (Å²) in [5.74, 6) is 2.26. The van der Waals surface area contributed by atoms with Crippen LogP contribution in [0.3, 0.4) is 0 Å². The molecule has 1 aromatic heterocycles. The van der Waals surface area contributed by atoms with Crippen LogP contribution in [0.1, 0.15) is 30.7 Å². The lowest BCUT2D eigenvalue weighted by molar-refractivity contribution is 0.234. The number of anilines is 1. The number of H-pyrrole nitrogens is 1. The number of hydrogen-bond donors (Lipinski definition) is 2. The number of ether oxygens (including phenoxy) is 2. The molecule has 0 fully saturated rings. The molecule has 0 saturated carbocycles. The number of nitrogens with one attached hydrogen (secondary N) is 1. The molecule has 0 unspecified atom stereocenters. The molecule has 3 aromatic rings. The van der Waals surface area contributed by atoms with Crippen LogP contribution < -0.4 is 20.8 Å². The van der Waals surface area contributed by atoms with E-state index in [0.717, 1.165) is 40.4 Å². The summed E-state index contributed by atoms with van der Waals surface area (Å²) in [6.07, 6.45) is 0.662. The average Bonchev–Trinajstić information content (AvgIpc) is 2.76. The van der Waals surface area contributed by atoms with Crippen molar-refractivity contribution < 1.29 is 9.47 Å². The Balaban J connectivity index is 1.59. The van der Waals surface area contributed by atoms with Crippen LogP contribution in [0.15, 0.2) is 47.3 Å². The predicted octanol–water partition coefficient (Wildman–Crippen LogP) is 3.37. The van der Waals surface area contributed by atoms with Crippen molar-refractivity contribution in [1.29, 1.82) is 0 Å². The van der Waals surface area contributed by atoms with Crippen LogP contribution in [0.4, 0.5) is 5.69 Å². The van der Waals surface area contributed by atoms with Crippen LogP contribution in [-0.2, 0) is 19.5 Å². The van der Waals surface area contributed by atoms with Crippen LogP contribution in [0.2, 0.25) is 0 Å². The number of nitrogen functional groups attached to an aromatic ring is 1. The molecule has 0 radical (unpaired) electrons. The lowest BCUT2D eigenvalue weighted by Gasteiger charge is -2.28. The number of fused-ring (bicyclic) bond motifs is 1. The molecule has 3 N–H and O–H groups in total. The third-order valence-corrected chi connectivity index (χ3v) is 5.37. The molecule has 0 spiro atoms. The number of hydrogen-bond acceptors (Lipinski definition) is 6. The van der Waals surface area contributed by atoms with E-state index >= 15 is 0 Å². The number of aromatic nitrogens is 2. The van der Waals surface area contributed by atoms with Crippen LogP contribution >= 0.6 is 0 Å². The van der Waals surface area contributed by atoms with Crippen LogP contribution in [0.25, 0.3) is 11.4 Å². The average molecular weight is 421 g/mol. The minimum absolute atomic E-state index is 0.0650. The number of rotatable bonds is 7. The molecule has 1 aliphatic rings. The maximum absolute atomic E-state index is 12.7. The van der Waals surface area contributed by atoms with Gasteiger partial charge in [0.25, 0.3) is 5.56 Å². The van der Waals surface area contributed by atoms with Crippen molar-refractivity contribution in [3.63, 3.8) is 0 Å². The summed E-state index contributed by atoms with van der Waals surface area (Å²) in [6.45, 7) is 7.25. The molecule has 7 nitrogen and oxygen atoms in total. The van der Waals surface area contributed by atoms with Gasteiger partial charge in [-0.05, 0) is 62.7 Å². The van der Waals surface area contributed by atoms with E-state index in [-0.39, 0.29) is 5.56 Å². The summed E-state index contributed by atoms with van der Waals surface area (Å²) in [5, 5.41) is 0. The van der Waals surface area contributed by atoms with Crippen LogP contribution in [-0.4, -0.2) is 34.6 Å². The van der Waals surface area contributed by atoms with Gasteiger partial charge in [0.1, 0.15) is 17.3 Å². The Morgan fingerprint density at radius 2 is 1.87 bits per heavy atom. The highest BCUT2D eigenvalue weighted by Crippen LogP contribution is 2.28. The van der Waals surface area contributed by atoms with Crippen molar-refractivity contribution in [1.82, 2.24) is 14.9 Å². The van der Waals surface area contributed by atoms with Crippen LogP contribution in [0.5, 0.6) is 11.5 Å². The fourth-order valence-corrected chi connectivity index (χ4v) is 3.88. The van der Waals surface area contributed by atoms with Crippen molar-refractivity contribution in [3.05, 3.63) is 69.6 Å². The first-order valence-corrected chi connectivity index (χ1v) is 10.7. The normalized spacial score (nSPS) is 13.6. The fraction of sp³-hybridized carbons (Fsp3) is 0.333. The van der Waals surface area contributed by atoms with E-state index in [0.29, 0.717) is 44.2 Å². The smallest absolute Gasteiger partial charge is 0.254 e. The van der Waals surface area contributed by atoms with Gasteiger partial charge >= 0.3 is 0 Å². The van der Waals surface area contributed by atoms with Gasteiger partial charge in [-0.15, -0.1) is 0 Å². The Hall–Kier alpha value is -3.32. The first-order chi connectivity index (χ1) is 15.1. The zero-order valence-electron chi connectivity index (χ0n) is 18.0. The zero-order valence-corrected chi connectivity index (χ0v) is 18.0. The minimum Gasteiger partial charge on any atom is -0.494 e. The Morgan fingerprint density at radius 3 is 2.61 bits per heavy atom. The molecule has 31 heavy (non-hydrogen) atoms. The van der Waals surface area contributed by atoms with E-state index in [4.69, 9.17) is 20.2 Å². The molecule has 0 atom stereocenters. The van der Waals surface area contributed by atoms with Gasteiger partial charge in [-0.2, -0.15) is 0 Å². The predicted molar refractivity (Wildman–Crippen MR) is 121 cm³/mol. The van der Waals surface area contributed by atoms with Gasteiger partial charge in [-0.1, -0.05) is 0 Å². The summed E-state index contributed by atoms with van der Waals surface area (Å²) < 4.78 is 11.5. The Kier molecular flexibility index (Phi) is 6.23. The third-order valence-electron chi connectivity index (χ3n) is 5.37. The second-order valence-corrected chi connectivity index (χ2v) is 7.56. The molecule has 1 aliphatic heterocycles. The number of benzene rings is 2. The van der Waals surface area contributed by atoms with Crippen molar-refractivity contribution in [2.45, 2.75) is 33.4 Å². The summed E-state index contributed by atoms with van der Waals surface area (Å²) in [6, 6.07) is 13.3. The number of nitrogens with zero attached hydrogens (tertiary/aromatic N) is 2. The largest absolute Gasteiger partial charge is 0.494 e. The summed E-state index contributed by atoms with van der Waals surface area (Å²) in [4.78, 5) is 22.7. The quantitative estimate of drug-likeness (QED) is 0.569. The molecule has 7 heteroatoms. The monoisotopic (exact) mass is 420 g/mol. The summed E-state index contributed by atoms with van der Waals surface area (Å²) in [5.41, 5.74) is 9.89. The van der Waals surface area contributed by atoms with Gasteiger partial charge in [0, 0.05) is 42.0 Å². The lowest BCUT2D eigenvalue weighted by atomic mass is 10.0. The molecule has 162 valence electrons. The highest BCUT2D eigenvalue weighted by molar-refractivity contribution is 5.58. The van der Waals surface area contributed by atoms with Gasteiger partial charge < -0.3 is 20.2 Å². The first-order valence-electron chi connectivity index (χ1n) is 10.7. The van der Waals surface area contributed by atoms with Gasteiger partial charge in [-0.3, -0.25) is 9.69 Å². The maximum atomic E-state index is 12.7.